The van der Waals surface area contributed by atoms with Crippen molar-refractivity contribution in [2.45, 2.75) is 119 Å². The van der Waals surface area contributed by atoms with E-state index in [1.54, 1.807) is 0 Å². The molecular weight excluding hydrogens is 1160 g/mol. The summed E-state index contributed by atoms with van der Waals surface area (Å²) >= 11 is 0. The highest BCUT2D eigenvalue weighted by Gasteiger charge is 2.37. The minimum Gasteiger partial charge on any atom is -0.311 e. The van der Waals surface area contributed by atoms with E-state index in [0.29, 0.717) is 69.2 Å². The second kappa shape index (κ2) is 28.3. The van der Waals surface area contributed by atoms with Crippen LogP contribution < -0.4 is 4.90 Å². The number of amides is 6. The van der Waals surface area contributed by atoms with E-state index in [9.17, 15) is 28.8 Å². The smallest absolute Gasteiger partial charge is 0.261 e. The van der Waals surface area contributed by atoms with Gasteiger partial charge < -0.3 is 4.90 Å². The Morgan fingerprint density at radius 3 is 0.809 bits per heavy atom. The van der Waals surface area contributed by atoms with Gasteiger partial charge in [-0.1, -0.05) is 171 Å². The SMILES string of the molecule is CCCCC(CC)CN1C(=O)c2cccc3c(C#Cc4ccc(N(c5ccc(C#Cc6ccc7c8c(cccc68)C(=O)N(CC(CC)CCCC)C7=O)cc5)c5ccc(C#Cc6ccc7c8c(cccc68)C(=O)N(CC(CC)CCCC)C7=O)cc5)cc4)ccc(c23)C1=O. The molecule has 9 aromatic carbocycles. The van der Waals surface area contributed by atoms with E-state index < -0.39 is 0 Å². The lowest BCUT2D eigenvalue weighted by molar-refractivity contribution is 0.0565. The van der Waals surface area contributed by atoms with Gasteiger partial charge in [0.15, 0.2) is 0 Å². The molecule has 0 fully saturated rings. The van der Waals surface area contributed by atoms with Crippen molar-refractivity contribution in [1.29, 1.82) is 0 Å². The van der Waals surface area contributed by atoms with Crippen LogP contribution in [-0.4, -0.2) is 69.8 Å². The zero-order chi connectivity index (χ0) is 65.6. The highest BCUT2D eigenvalue weighted by atomic mass is 16.2. The maximum absolute atomic E-state index is 14.0. The molecule has 10 heteroatoms. The average Bonchev–Trinajstić information content (AvgIpc) is 0.758. The van der Waals surface area contributed by atoms with Gasteiger partial charge in [-0.05, 0) is 181 Å². The van der Waals surface area contributed by atoms with Crippen LogP contribution >= 0.6 is 0 Å². The van der Waals surface area contributed by atoms with Gasteiger partial charge >= 0.3 is 0 Å². The maximum Gasteiger partial charge on any atom is 0.261 e. The third-order valence-corrected chi connectivity index (χ3v) is 19.3. The van der Waals surface area contributed by atoms with E-state index in [2.05, 4.69) is 82.0 Å². The molecule has 3 aliphatic heterocycles. The van der Waals surface area contributed by atoms with Gasteiger partial charge in [0.2, 0.25) is 0 Å². The lowest BCUT2D eigenvalue weighted by Crippen LogP contribution is -2.43. The summed E-state index contributed by atoms with van der Waals surface area (Å²) in [7, 11) is 0. The lowest BCUT2D eigenvalue weighted by Gasteiger charge is -2.30. The quantitative estimate of drug-likeness (QED) is 0.0520. The Balaban J connectivity index is 0.841. The van der Waals surface area contributed by atoms with Crippen molar-refractivity contribution in [1.82, 2.24) is 14.7 Å². The second-order valence-corrected chi connectivity index (χ2v) is 25.3. The molecule has 3 heterocycles. The van der Waals surface area contributed by atoms with Crippen LogP contribution in [0.5, 0.6) is 0 Å². The van der Waals surface area contributed by atoms with Gasteiger partial charge in [0.25, 0.3) is 35.4 Å². The first-order valence-corrected chi connectivity index (χ1v) is 33.8. The van der Waals surface area contributed by atoms with Gasteiger partial charge in [-0.3, -0.25) is 43.5 Å². The topological polar surface area (TPSA) is 115 Å². The van der Waals surface area contributed by atoms with Crippen molar-refractivity contribution in [3.63, 3.8) is 0 Å². The Morgan fingerprint density at radius 2 is 0.564 bits per heavy atom. The van der Waals surface area contributed by atoms with E-state index in [1.165, 1.54) is 14.7 Å². The van der Waals surface area contributed by atoms with Crippen molar-refractivity contribution in [3.8, 4) is 35.5 Å². The number of hydrogen-bond donors (Lipinski definition) is 0. The fourth-order valence-electron chi connectivity index (χ4n) is 13.7. The number of rotatable bonds is 21. The first kappa shape index (κ1) is 63.8. The van der Waals surface area contributed by atoms with Crippen LogP contribution in [0.25, 0.3) is 32.3 Å². The number of nitrogens with zero attached hydrogens (tertiary/aromatic N) is 4. The summed E-state index contributed by atoms with van der Waals surface area (Å²) in [5, 5.41) is 4.25. The molecule has 0 saturated carbocycles. The number of hydrogen-bond acceptors (Lipinski definition) is 7. The Kier molecular flexibility index (Phi) is 19.2. The van der Waals surface area contributed by atoms with Crippen molar-refractivity contribution < 1.29 is 28.8 Å². The molecule has 0 radical (unpaired) electrons. The van der Waals surface area contributed by atoms with Gasteiger partial charge in [0.1, 0.15) is 0 Å². The summed E-state index contributed by atoms with van der Waals surface area (Å²) in [6.45, 7) is 14.1. The summed E-state index contributed by atoms with van der Waals surface area (Å²) in [5.41, 5.74) is 10.2. The summed E-state index contributed by atoms with van der Waals surface area (Å²) < 4.78 is 0. The molecule has 0 bridgehead atoms. The molecule has 6 amide bonds. The standard InChI is InChI=1S/C84H78N4O6/c1-7-13-19-55(10-4)52-85-79(89)70-25-16-22-67-61(40-49-73(76(67)70)82(85)92)37-28-58-31-43-64(44-32-58)88(65-45-33-59(34-46-65)29-38-62-41-50-74-77-68(62)23-17-26-71(77)80(90)86(83(74)93)53-56(11-5)20-14-8-2)66-47-35-60(36-48-66)30-39-63-42-51-75-78-69(63)24-18-27-72(78)81(91)87(84(75)94)54-57(12-6)21-15-9-3/h16-18,22-27,31-36,40-51,55-57H,7-15,19-21,52-54H2,1-6H3. The van der Waals surface area contributed by atoms with Crippen LogP contribution in [-0.2, 0) is 0 Å². The Morgan fingerprint density at radius 1 is 0.309 bits per heavy atom. The largest absolute Gasteiger partial charge is 0.311 e. The minimum absolute atomic E-state index is 0.247. The van der Waals surface area contributed by atoms with Crippen LogP contribution in [0.4, 0.5) is 17.1 Å². The molecule has 0 spiro atoms. The van der Waals surface area contributed by atoms with Gasteiger partial charge in [-0.2, -0.15) is 0 Å². The predicted molar refractivity (Wildman–Crippen MR) is 377 cm³/mol. The third kappa shape index (κ3) is 12.6. The van der Waals surface area contributed by atoms with Crippen molar-refractivity contribution in [2.75, 3.05) is 24.5 Å². The highest BCUT2D eigenvalue weighted by Crippen LogP contribution is 2.39. The molecule has 3 aliphatic rings. The van der Waals surface area contributed by atoms with E-state index in [4.69, 9.17) is 0 Å². The Labute approximate surface area is 552 Å². The van der Waals surface area contributed by atoms with Crippen molar-refractivity contribution in [3.05, 3.63) is 231 Å². The first-order valence-electron chi connectivity index (χ1n) is 33.8. The summed E-state index contributed by atoms with van der Waals surface area (Å²) in [6.07, 6.45) is 12.0. The van der Waals surface area contributed by atoms with Crippen LogP contribution in [0.15, 0.2) is 164 Å². The second-order valence-electron chi connectivity index (χ2n) is 25.3. The lowest BCUT2D eigenvalue weighted by atomic mass is 9.90. The predicted octanol–water partition coefficient (Wildman–Crippen LogP) is 18.3. The number of benzene rings is 9. The third-order valence-electron chi connectivity index (χ3n) is 19.3. The average molecular weight is 1240 g/mol. The first-order chi connectivity index (χ1) is 45.9. The van der Waals surface area contributed by atoms with Gasteiger partial charge in [0, 0.05) is 120 Å². The van der Waals surface area contributed by atoms with Gasteiger partial charge in [-0.15, -0.1) is 0 Å². The maximum atomic E-state index is 14.0. The van der Waals surface area contributed by atoms with Crippen molar-refractivity contribution in [2.24, 2.45) is 17.8 Å². The van der Waals surface area contributed by atoms with Gasteiger partial charge in [-0.25, -0.2) is 0 Å². The molecule has 3 unspecified atom stereocenters. The zero-order valence-corrected chi connectivity index (χ0v) is 54.7. The number of unbranched alkanes of at least 4 members (excludes halogenated alkanes) is 3. The molecule has 470 valence electrons. The van der Waals surface area contributed by atoms with Crippen LogP contribution in [0.2, 0.25) is 0 Å². The molecule has 3 atom stereocenters. The fourth-order valence-corrected chi connectivity index (χ4v) is 13.7. The molecule has 94 heavy (non-hydrogen) atoms. The van der Waals surface area contributed by atoms with E-state index in [1.807, 2.05) is 164 Å². The molecule has 9 aromatic rings. The fraction of sp³-hybridized carbons (Fsp3) is 0.286. The van der Waals surface area contributed by atoms with E-state index >= 15 is 0 Å². The van der Waals surface area contributed by atoms with E-state index in [0.717, 1.165) is 144 Å². The molecule has 0 saturated heterocycles. The highest BCUT2D eigenvalue weighted by molar-refractivity contribution is 6.28. The zero-order valence-electron chi connectivity index (χ0n) is 54.7. The summed E-state index contributed by atoms with van der Waals surface area (Å²) in [6, 6.07) is 52.0. The van der Waals surface area contributed by atoms with Gasteiger partial charge in [0.05, 0.1) is 0 Å². The molecule has 0 aromatic heterocycles. The minimum atomic E-state index is -0.256. The van der Waals surface area contributed by atoms with Crippen molar-refractivity contribution >= 4 is 84.8 Å². The molecule has 12 rings (SSSR count). The van der Waals surface area contributed by atoms with Crippen LogP contribution in [0.3, 0.4) is 0 Å². The number of imide groups is 3. The number of carbonyl (C=O) groups is 6. The summed E-state index contributed by atoms with van der Waals surface area (Å²) in [4.78, 5) is 90.6. The van der Waals surface area contributed by atoms with Crippen LogP contribution in [0, 0.1) is 53.3 Å². The molecule has 0 N–H and O–H groups in total. The number of carbonyl (C=O) groups excluding carboxylic acids is 6. The monoisotopic (exact) mass is 1240 g/mol. The Bertz CT molecular complexity index is 4140. The number of anilines is 3. The van der Waals surface area contributed by atoms with E-state index in [-0.39, 0.29) is 53.2 Å². The summed E-state index contributed by atoms with van der Waals surface area (Å²) in [5.74, 6) is 19.4. The normalized spacial score (nSPS) is 14.2. The van der Waals surface area contributed by atoms with Crippen LogP contribution in [0.1, 0.15) is 214 Å². The molecule has 0 aliphatic carbocycles. The molecule has 10 nitrogen and oxygen atoms in total. The Hall–Kier alpha value is -10.3. The molecular formula is C84H78N4O6.